The van der Waals surface area contributed by atoms with E-state index in [2.05, 4.69) is 34.5 Å². The van der Waals surface area contributed by atoms with E-state index in [4.69, 9.17) is 0 Å². The van der Waals surface area contributed by atoms with Gasteiger partial charge in [-0.1, -0.05) is 13.8 Å². The summed E-state index contributed by atoms with van der Waals surface area (Å²) in [6, 6.07) is 1.99. The predicted molar refractivity (Wildman–Crippen MR) is 94.3 cm³/mol. The van der Waals surface area contributed by atoms with Crippen LogP contribution in [0.1, 0.15) is 35.1 Å². The van der Waals surface area contributed by atoms with Crippen molar-refractivity contribution in [3.8, 4) is 0 Å². The van der Waals surface area contributed by atoms with Crippen molar-refractivity contribution in [1.82, 2.24) is 25.3 Å². The molecule has 126 valence electrons. The first-order valence-electron chi connectivity index (χ1n) is 8.24. The molecule has 0 bridgehead atoms. The molecule has 2 aromatic heterocycles. The Hall–Kier alpha value is -1.44. The third kappa shape index (κ3) is 3.57. The van der Waals surface area contributed by atoms with Crippen LogP contribution in [-0.2, 0) is 7.05 Å². The largest absolute Gasteiger partial charge is 0.350 e. The summed E-state index contributed by atoms with van der Waals surface area (Å²) in [4.78, 5) is 16.6. The number of carbonyl (C=O) groups excluding carboxylic acids is 1. The van der Waals surface area contributed by atoms with Crippen molar-refractivity contribution in [3.05, 3.63) is 16.6 Å². The second kappa shape index (κ2) is 6.98. The number of piperazine rings is 1. The smallest absolute Gasteiger partial charge is 0.261 e. The summed E-state index contributed by atoms with van der Waals surface area (Å²) in [6.45, 7) is 10.1. The predicted octanol–water partition coefficient (Wildman–Crippen LogP) is 1.39. The molecule has 0 aliphatic carbocycles. The van der Waals surface area contributed by atoms with Gasteiger partial charge in [-0.05, 0) is 12.0 Å². The van der Waals surface area contributed by atoms with Crippen LogP contribution in [0.3, 0.4) is 0 Å². The van der Waals surface area contributed by atoms with Gasteiger partial charge < -0.3 is 10.6 Å². The average Bonchev–Trinajstić information content (AvgIpc) is 3.09. The van der Waals surface area contributed by atoms with Crippen molar-refractivity contribution in [3.63, 3.8) is 0 Å². The number of hydrogen-bond acceptors (Lipinski definition) is 5. The highest BCUT2D eigenvalue weighted by atomic mass is 32.1. The SMILES string of the molecule is CC(C)c1nn(C)c2sc(C(=O)NCCN3CCNCC3)cc12. The van der Waals surface area contributed by atoms with Gasteiger partial charge in [0.15, 0.2) is 0 Å². The van der Waals surface area contributed by atoms with Crippen molar-refractivity contribution in [1.29, 1.82) is 0 Å². The molecule has 7 heteroatoms. The number of nitrogens with one attached hydrogen (secondary N) is 2. The quantitative estimate of drug-likeness (QED) is 0.867. The van der Waals surface area contributed by atoms with Gasteiger partial charge in [-0.3, -0.25) is 14.4 Å². The highest BCUT2D eigenvalue weighted by Gasteiger charge is 2.18. The molecule has 1 aliphatic heterocycles. The second-order valence-electron chi connectivity index (χ2n) is 6.34. The minimum Gasteiger partial charge on any atom is -0.350 e. The summed E-state index contributed by atoms with van der Waals surface area (Å²) >= 11 is 1.52. The van der Waals surface area contributed by atoms with Crippen LogP contribution in [0.4, 0.5) is 0 Å². The summed E-state index contributed by atoms with van der Waals surface area (Å²) in [5.41, 5.74) is 1.07. The fourth-order valence-corrected chi connectivity index (χ4v) is 3.95. The first-order valence-corrected chi connectivity index (χ1v) is 9.05. The molecule has 0 saturated carbocycles. The molecule has 1 fully saturated rings. The molecule has 0 spiro atoms. The summed E-state index contributed by atoms with van der Waals surface area (Å²) in [5.74, 6) is 0.382. The van der Waals surface area contributed by atoms with Gasteiger partial charge in [-0.25, -0.2) is 0 Å². The lowest BCUT2D eigenvalue weighted by atomic mass is 10.1. The van der Waals surface area contributed by atoms with Crippen LogP contribution in [0, 0.1) is 0 Å². The maximum atomic E-state index is 12.4. The van der Waals surface area contributed by atoms with E-state index in [0.29, 0.717) is 12.5 Å². The van der Waals surface area contributed by atoms with Crippen molar-refractivity contribution < 1.29 is 4.79 Å². The Morgan fingerprint density at radius 2 is 2.17 bits per heavy atom. The van der Waals surface area contributed by atoms with Crippen molar-refractivity contribution in [2.24, 2.45) is 7.05 Å². The first-order chi connectivity index (χ1) is 11.1. The van der Waals surface area contributed by atoms with Crippen LogP contribution in [0.25, 0.3) is 10.2 Å². The number of aryl methyl sites for hydroxylation is 1. The molecule has 1 amide bonds. The molecule has 0 unspecified atom stereocenters. The summed E-state index contributed by atoms with van der Waals surface area (Å²) in [5, 5.41) is 12.0. The zero-order chi connectivity index (χ0) is 16.4. The number of carbonyl (C=O) groups is 1. The minimum atomic E-state index is 0.0241. The Kier molecular flexibility index (Phi) is 4.99. The lowest BCUT2D eigenvalue weighted by molar-refractivity contribution is 0.0951. The maximum absolute atomic E-state index is 12.4. The number of hydrogen-bond donors (Lipinski definition) is 2. The van der Waals surface area contributed by atoms with Gasteiger partial charge in [-0.15, -0.1) is 11.3 Å². The lowest BCUT2D eigenvalue weighted by Gasteiger charge is -2.26. The molecule has 0 atom stereocenters. The minimum absolute atomic E-state index is 0.0241. The van der Waals surface area contributed by atoms with E-state index < -0.39 is 0 Å². The number of aromatic nitrogens is 2. The van der Waals surface area contributed by atoms with Crippen molar-refractivity contribution in [2.75, 3.05) is 39.3 Å². The zero-order valence-electron chi connectivity index (χ0n) is 14.1. The standard InChI is InChI=1S/C16H25N5OS/c1-11(2)14-12-10-13(23-16(12)20(3)19-14)15(22)18-6-9-21-7-4-17-5-8-21/h10-11,17H,4-9H2,1-3H3,(H,18,22). The molecule has 23 heavy (non-hydrogen) atoms. The Bertz CT molecular complexity index is 684. The van der Waals surface area contributed by atoms with Gasteiger partial charge in [0.2, 0.25) is 0 Å². The molecule has 2 N–H and O–H groups in total. The van der Waals surface area contributed by atoms with E-state index >= 15 is 0 Å². The van der Waals surface area contributed by atoms with Crippen LogP contribution in [0.2, 0.25) is 0 Å². The monoisotopic (exact) mass is 335 g/mol. The third-order valence-electron chi connectivity index (χ3n) is 4.23. The van der Waals surface area contributed by atoms with Crippen molar-refractivity contribution in [2.45, 2.75) is 19.8 Å². The van der Waals surface area contributed by atoms with Gasteiger partial charge in [0.1, 0.15) is 4.83 Å². The van der Waals surface area contributed by atoms with E-state index in [1.54, 1.807) is 0 Å². The second-order valence-corrected chi connectivity index (χ2v) is 7.37. The molecule has 6 nitrogen and oxygen atoms in total. The van der Waals surface area contributed by atoms with Gasteiger partial charge in [0.25, 0.3) is 5.91 Å². The Labute approximate surface area is 140 Å². The molecule has 3 heterocycles. The fourth-order valence-electron chi connectivity index (χ4n) is 2.95. The van der Waals surface area contributed by atoms with Crippen LogP contribution < -0.4 is 10.6 Å². The first kappa shape index (κ1) is 16.4. The maximum Gasteiger partial charge on any atom is 0.261 e. The Morgan fingerprint density at radius 1 is 1.43 bits per heavy atom. The molecule has 1 aliphatic rings. The van der Waals surface area contributed by atoms with E-state index in [-0.39, 0.29) is 5.91 Å². The van der Waals surface area contributed by atoms with Gasteiger partial charge >= 0.3 is 0 Å². The fraction of sp³-hybridized carbons (Fsp3) is 0.625. The summed E-state index contributed by atoms with van der Waals surface area (Å²) in [7, 11) is 1.94. The molecule has 0 radical (unpaired) electrons. The summed E-state index contributed by atoms with van der Waals surface area (Å²) in [6.07, 6.45) is 0. The van der Waals surface area contributed by atoms with Gasteiger partial charge in [-0.2, -0.15) is 5.10 Å². The van der Waals surface area contributed by atoms with E-state index in [1.807, 2.05) is 17.8 Å². The van der Waals surface area contributed by atoms with Gasteiger partial charge in [0.05, 0.1) is 10.6 Å². The van der Waals surface area contributed by atoms with E-state index in [1.165, 1.54) is 11.3 Å². The van der Waals surface area contributed by atoms with Crippen LogP contribution >= 0.6 is 11.3 Å². The molecule has 1 saturated heterocycles. The van der Waals surface area contributed by atoms with Crippen molar-refractivity contribution >= 4 is 27.5 Å². The lowest BCUT2D eigenvalue weighted by Crippen LogP contribution is -2.46. The topological polar surface area (TPSA) is 62.2 Å². The molecule has 2 aromatic rings. The highest BCUT2D eigenvalue weighted by Crippen LogP contribution is 2.31. The average molecular weight is 335 g/mol. The number of rotatable bonds is 5. The molecule has 3 rings (SSSR count). The van der Waals surface area contributed by atoms with Crippen LogP contribution in [0.5, 0.6) is 0 Å². The van der Waals surface area contributed by atoms with Crippen LogP contribution in [0.15, 0.2) is 6.07 Å². The summed E-state index contributed by atoms with van der Waals surface area (Å²) < 4.78 is 1.88. The van der Waals surface area contributed by atoms with E-state index in [9.17, 15) is 4.79 Å². The Balaban J connectivity index is 1.63. The van der Waals surface area contributed by atoms with Gasteiger partial charge in [0, 0.05) is 51.7 Å². The number of amides is 1. The number of thiophene rings is 1. The highest BCUT2D eigenvalue weighted by molar-refractivity contribution is 7.20. The zero-order valence-corrected chi connectivity index (χ0v) is 14.9. The third-order valence-corrected chi connectivity index (χ3v) is 5.43. The Morgan fingerprint density at radius 3 is 2.87 bits per heavy atom. The number of fused-ring (bicyclic) bond motifs is 1. The molecule has 0 aromatic carbocycles. The van der Waals surface area contributed by atoms with Crippen LogP contribution in [-0.4, -0.2) is 59.9 Å². The number of nitrogens with zero attached hydrogens (tertiary/aromatic N) is 3. The molecular weight excluding hydrogens is 310 g/mol. The normalized spacial score (nSPS) is 16.3. The molecular formula is C16H25N5OS. The van der Waals surface area contributed by atoms with E-state index in [0.717, 1.165) is 53.5 Å².